The second-order valence-electron chi connectivity index (χ2n) is 5.87. The molecule has 3 heteroatoms. The Kier molecular flexibility index (Phi) is 4.51. The molecule has 1 aromatic carbocycles. The summed E-state index contributed by atoms with van der Waals surface area (Å²) in [4.78, 5) is 0. The lowest BCUT2D eigenvalue weighted by atomic mass is 9.88. The summed E-state index contributed by atoms with van der Waals surface area (Å²) in [7, 11) is 0. The van der Waals surface area contributed by atoms with E-state index >= 15 is 0 Å². The van der Waals surface area contributed by atoms with Crippen molar-refractivity contribution in [3.63, 3.8) is 0 Å². The van der Waals surface area contributed by atoms with Crippen molar-refractivity contribution in [1.82, 2.24) is 5.32 Å². The second-order valence-corrected chi connectivity index (χ2v) is 5.87. The largest absolute Gasteiger partial charge is 0.376 e. The third-order valence-electron chi connectivity index (χ3n) is 4.49. The first-order chi connectivity index (χ1) is 10.3. The van der Waals surface area contributed by atoms with Crippen LogP contribution in [-0.4, -0.2) is 19.4 Å². The third kappa shape index (κ3) is 2.94. The van der Waals surface area contributed by atoms with Crippen LogP contribution in [0.5, 0.6) is 0 Å². The molecule has 2 aliphatic rings. The molecule has 21 heavy (non-hydrogen) atoms. The van der Waals surface area contributed by atoms with Gasteiger partial charge in [0.2, 0.25) is 0 Å². The minimum atomic E-state index is 0.453. The van der Waals surface area contributed by atoms with Crippen molar-refractivity contribution in [2.75, 3.05) is 13.2 Å². The number of ether oxygens (including phenoxy) is 1. The predicted octanol–water partition coefficient (Wildman–Crippen LogP) is 3.63. The van der Waals surface area contributed by atoms with Gasteiger partial charge in [0.05, 0.1) is 13.2 Å². The summed E-state index contributed by atoms with van der Waals surface area (Å²) in [5.41, 5.74) is 6.40. The van der Waals surface area contributed by atoms with Crippen LogP contribution in [0.25, 0.3) is 5.57 Å². The van der Waals surface area contributed by atoms with Crippen LogP contribution in [0.1, 0.15) is 54.5 Å². The third-order valence-corrected chi connectivity index (χ3v) is 4.49. The summed E-state index contributed by atoms with van der Waals surface area (Å²) < 4.78 is 5.68. The Hall–Kier alpha value is -1.45. The highest BCUT2D eigenvalue weighted by Gasteiger charge is 2.23. The fourth-order valence-corrected chi connectivity index (χ4v) is 3.42. The molecule has 0 unspecified atom stereocenters. The van der Waals surface area contributed by atoms with Gasteiger partial charge in [-0.05, 0) is 66.1 Å². The van der Waals surface area contributed by atoms with Gasteiger partial charge in [-0.25, -0.2) is 0 Å². The van der Waals surface area contributed by atoms with Gasteiger partial charge in [-0.15, -0.1) is 0 Å². The maximum Gasteiger partial charge on any atom is 0.0722 e. The van der Waals surface area contributed by atoms with E-state index in [2.05, 4.69) is 30.4 Å². The summed E-state index contributed by atoms with van der Waals surface area (Å²) in [6, 6.07) is 5.00. The highest BCUT2D eigenvalue weighted by molar-refractivity contribution is 6.08. The van der Waals surface area contributed by atoms with Crippen molar-refractivity contribution < 1.29 is 4.74 Å². The van der Waals surface area contributed by atoms with Crippen LogP contribution in [0.15, 0.2) is 18.2 Å². The number of hydrogen-bond donors (Lipinski definition) is 2. The van der Waals surface area contributed by atoms with Crippen LogP contribution in [0.3, 0.4) is 0 Å². The zero-order valence-corrected chi connectivity index (χ0v) is 12.7. The van der Waals surface area contributed by atoms with Crippen LogP contribution in [-0.2, 0) is 17.8 Å². The van der Waals surface area contributed by atoms with Gasteiger partial charge < -0.3 is 15.5 Å². The van der Waals surface area contributed by atoms with Gasteiger partial charge in [0.25, 0.3) is 0 Å². The molecule has 0 radical (unpaired) electrons. The van der Waals surface area contributed by atoms with E-state index in [9.17, 15) is 0 Å². The van der Waals surface area contributed by atoms with E-state index in [1.807, 2.05) is 0 Å². The average Bonchev–Trinajstić information content (AvgIpc) is 3.05. The van der Waals surface area contributed by atoms with E-state index in [4.69, 9.17) is 10.1 Å². The Morgan fingerprint density at radius 1 is 1.48 bits per heavy atom. The highest BCUT2D eigenvalue weighted by Crippen LogP contribution is 2.33. The number of rotatable bonds is 4. The van der Waals surface area contributed by atoms with Crippen LogP contribution < -0.4 is 5.32 Å². The van der Waals surface area contributed by atoms with Crippen molar-refractivity contribution in [3.05, 3.63) is 40.5 Å². The summed E-state index contributed by atoms with van der Waals surface area (Å²) in [6.07, 6.45) is 8.01. The number of allylic oxidation sites excluding steroid dienone is 2. The first-order valence-electron chi connectivity index (χ1n) is 8.01. The molecule has 0 spiro atoms. The van der Waals surface area contributed by atoms with Crippen LogP contribution in [0.2, 0.25) is 0 Å². The Balaban J connectivity index is 2.08. The molecule has 0 amide bonds. The maximum atomic E-state index is 7.69. The van der Waals surface area contributed by atoms with Crippen molar-refractivity contribution in [2.24, 2.45) is 0 Å². The fraction of sp³-hybridized carbons (Fsp3) is 0.500. The van der Waals surface area contributed by atoms with E-state index in [0.717, 1.165) is 38.2 Å². The first kappa shape index (κ1) is 14.5. The Morgan fingerprint density at radius 3 is 3.10 bits per heavy atom. The predicted molar refractivity (Wildman–Crippen MR) is 86.8 cm³/mol. The zero-order valence-electron chi connectivity index (χ0n) is 12.7. The molecule has 112 valence electrons. The van der Waals surface area contributed by atoms with Gasteiger partial charge in [-0.2, -0.15) is 0 Å². The highest BCUT2D eigenvalue weighted by atomic mass is 16.5. The molecule has 1 atom stereocenters. The number of benzene rings is 1. The lowest BCUT2D eigenvalue weighted by Crippen LogP contribution is -2.19. The molecule has 1 fully saturated rings. The van der Waals surface area contributed by atoms with E-state index in [-0.39, 0.29) is 0 Å². The Labute approximate surface area is 126 Å². The zero-order chi connectivity index (χ0) is 14.7. The van der Waals surface area contributed by atoms with E-state index in [1.54, 1.807) is 0 Å². The molecular weight excluding hydrogens is 260 g/mol. The Bertz CT molecular complexity index is 557. The minimum absolute atomic E-state index is 0.453. The van der Waals surface area contributed by atoms with Gasteiger partial charge >= 0.3 is 0 Å². The summed E-state index contributed by atoms with van der Waals surface area (Å²) in [6.45, 7) is 4.77. The lowest BCUT2D eigenvalue weighted by Gasteiger charge is -2.24. The first-order valence-corrected chi connectivity index (χ1v) is 8.01. The lowest BCUT2D eigenvalue weighted by molar-refractivity contribution is 0.109. The smallest absolute Gasteiger partial charge is 0.0722 e. The van der Waals surface area contributed by atoms with E-state index in [0.29, 0.717) is 6.04 Å². The number of fused-ring (bicyclic) bond motifs is 1. The monoisotopic (exact) mass is 284 g/mol. The molecule has 1 saturated heterocycles. The SMILES string of the molecule is CC/C=C(\C=N)c1cc2c(c([C@@H]3CCCN3)c1)COCC2. The fourth-order valence-electron chi connectivity index (χ4n) is 3.42. The van der Waals surface area contributed by atoms with Crippen molar-refractivity contribution >= 4 is 11.8 Å². The second kappa shape index (κ2) is 6.54. The molecule has 3 nitrogen and oxygen atoms in total. The molecule has 2 heterocycles. The minimum Gasteiger partial charge on any atom is -0.376 e. The van der Waals surface area contributed by atoms with Crippen LogP contribution >= 0.6 is 0 Å². The molecule has 2 aliphatic heterocycles. The molecule has 0 bridgehead atoms. The molecule has 0 saturated carbocycles. The van der Waals surface area contributed by atoms with Gasteiger partial charge in [0.1, 0.15) is 0 Å². The maximum absolute atomic E-state index is 7.69. The molecule has 1 aromatic rings. The molecule has 2 N–H and O–H groups in total. The van der Waals surface area contributed by atoms with E-state index < -0.39 is 0 Å². The van der Waals surface area contributed by atoms with Gasteiger partial charge in [0, 0.05) is 12.3 Å². The van der Waals surface area contributed by atoms with Gasteiger partial charge in [-0.3, -0.25) is 0 Å². The van der Waals surface area contributed by atoms with Crippen LogP contribution in [0, 0.1) is 5.41 Å². The van der Waals surface area contributed by atoms with Gasteiger partial charge in [0.15, 0.2) is 0 Å². The van der Waals surface area contributed by atoms with Crippen LogP contribution in [0.4, 0.5) is 0 Å². The van der Waals surface area contributed by atoms with Crippen molar-refractivity contribution in [1.29, 1.82) is 5.41 Å². The number of hydrogen-bond acceptors (Lipinski definition) is 3. The number of nitrogens with one attached hydrogen (secondary N) is 2. The quantitative estimate of drug-likeness (QED) is 0.829. The topological polar surface area (TPSA) is 45.1 Å². The summed E-state index contributed by atoms with van der Waals surface area (Å²) in [5.74, 6) is 0. The molecule has 0 aliphatic carbocycles. The Morgan fingerprint density at radius 2 is 2.38 bits per heavy atom. The van der Waals surface area contributed by atoms with E-state index in [1.165, 1.54) is 41.3 Å². The van der Waals surface area contributed by atoms with Crippen molar-refractivity contribution in [2.45, 2.75) is 45.3 Å². The molecule has 3 rings (SSSR count). The van der Waals surface area contributed by atoms with Gasteiger partial charge in [-0.1, -0.05) is 19.1 Å². The standard InChI is InChI=1S/C18H24N2O/c1-2-4-14(11-19)15-9-13-6-8-21-12-17(13)16(10-15)18-5-3-7-20-18/h4,9-11,18-20H,2-3,5-8,12H2,1H3/b14-4+,19-11?/t18-/m0/s1. The normalized spacial score (nSPS) is 22.1. The summed E-state index contributed by atoms with van der Waals surface area (Å²) >= 11 is 0. The summed E-state index contributed by atoms with van der Waals surface area (Å²) in [5, 5.41) is 11.3. The average molecular weight is 284 g/mol. The van der Waals surface area contributed by atoms with Crippen molar-refractivity contribution in [3.8, 4) is 0 Å². The molecule has 0 aromatic heterocycles. The molecular formula is C18H24N2O.